The van der Waals surface area contributed by atoms with Crippen molar-refractivity contribution in [3.05, 3.63) is 72.3 Å². The van der Waals surface area contributed by atoms with Crippen molar-refractivity contribution in [3.63, 3.8) is 0 Å². The van der Waals surface area contributed by atoms with Gasteiger partial charge in [-0.25, -0.2) is 4.79 Å². The first-order chi connectivity index (χ1) is 19.1. The number of para-hydroxylation sites is 4. The molecule has 2 N–H and O–H groups in total. The Morgan fingerprint density at radius 3 is 2.00 bits per heavy atom. The molecule has 204 valence electrons. The Balaban J connectivity index is 1.34. The van der Waals surface area contributed by atoms with Gasteiger partial charge < -0.3 is 34.8 Å². The minimum atomic E-state index is -0.405. The molecule has 39 heavy (non-hydrogen) atoms. The highest BCUT2D eigenvalue weighted by atomic mass is 16.5. The molecule has 2 heterocycles. The van der Waals surface area contributed by atoms with Crippen LogP contribution in [-0.4, -0.2) is 70.3 Å². The van der Waals surface area contributed by atoms with Gasteiger partial charge in [-0.05, 0) is 55.3 Å². The number of carbonyl (C=O) groups is 2. The molecule has 0 spiro atoms. The molecule has 9 nitrogen and oxygen atoms in total. The number of anilines is 4. The number of ether oxygens (including phenoxy) is 2. The van der Waals surface area contributed by atoms with E-state index in [0.29, 0.717) is 22.7 Å². The number of likely N-dealkylation sites (tertiary alicyclic amines) is 1. The molecule has 5 rings (SSSR count). The van der Waals surface area contributed by atoms with Crippen LogP contribution in [0.5, 0.6) is 11.5 Å². The number of hydrogen-bond donors (Lipinski definition) is 2. The summed E-state index contributed by atoms with van der Waals surface area (Å²) in [6, 6.07) is 20.5. The minimum absolute atomic E-state index is 0.00319. The third kappa shape index (κ3) is 5.87. The zero-order valence-electron chi connectivity index (χ0n) is 22.5. The van der Waals surface area contributed by atoms with Crippen LogP contribution in [0.1, 0.15) is 23.2 Å². The molecule has 0 bridgehead atoms. The summed E-state index contributed by atoms with van der Waals surface area (Å²) < 4.78 is 10.9. The maximum Gasteiger partial charge on any atom is 0.323 e. The molecule has 0 aliphatic carbocycles. The summed E-state index contributed by atoms with van der Waals surface area (Å²) in [5, 5.41) is 5.71. The predicted octanol–water partition coefficient (Wildman–Crippen LogP) is 4.91. The summed E-state index contributed by atoms with van der Waals surface area (Å²) in [7, 11) is 3.25. The summed E-state index contributed by atoms with van der Waals surface area (Å²) in [4.78, 5) is 32.9. The van der Waals surface area contributed by atoms with Crippen molar-refractivity contribution in [1.82, 2.24) is 4.90 Å². The Labute approximate surface area is 229 Å². The summed E-state index contributed by atoms with van der Waals surface area (Å²) >= 11 is 0. The van der Waals surface area contributed by atoms with Gasteiger partial charge in [-0.2, -0.15) is 0 Å². The molecule has 2 aliphatic rings. The van der Waals surface area contributed by atoms with Crippen LogP contribution in [0.15, 0.2) is 66.7 Å². The number of rotatable bonds is 7. The SMILES string of the molecule is COc1ccccc1NC(=O)Nc1ccc(N2CCN(c3ccccc3OC)CC2)c(C(=O)N2CCCC2)c1. The van der Waals surface area contributed by atoms with Crippen molar-refractivity contribution in [2.75, 3.05) is 73.9 Å². The van der Waals surface area contributed by atoms with E-state index >= 15 is 0 Å². The third-order valence-electron chi connectivity index (χ3n) is 7.28. The molecule has 0 aromatic heterocycles. The van der Waals surface area contributed by atoms with Gasteiger partial charge in [-0.1, -0.05) is 24.3 Å². The van der Waals surface area contributed by atoms with Crippen LogP contribution >= 0.6 is 0 Å². The number of nitrogens with zero attached hydrogens (tertiary/aromatic N) is 3. The fourth-order valence-corrected chi connectivity index (χ4v) is 5.26. The molecule has 3 aromatic carbocycles. The zero-order valence-corrected chi connectivity index (χ0v) is 22.5. The second-order valence-electron chi connectivity index (χ2n) is 9.66. The number of hydrogen-bond acceptors (Lipinski definition) is 6. The first kappa shape index (κ1) is 26.2. The summed E-state index contributed by atoms with van der Waals surface area (Å²) in [6.45, 7) is 4.65. The Morgan fingerprint density at radius 1 is 0.692 bits per heavy atom. The van der Waals surface area contributed by atoms with Crippen LogP contribution in [0.25, 0.3) is 0 Å². The number of amides is 3. The summed E-state index contributed by atoms with van der Waals surface area (Å²) in [6.07, 6.45) is 2.02. The van der Waals surface area contributed by atoms with Gasteiger partial charge in [0, 0.05) is 50.6 Å². The fraction of sp³-hybridized carbons (Fsp3) is 0.333. The molecular formula is C30H35N5O4. The molecule has 3 amide bonds. The van der Waals surface area contributed by atoms with Crippen LogP contribution in [-0.2, 0) is 0 Å². The Hall–Kier alpha value is -4.40. The van der Waals surface area contributed by atoms with Crippen molar-refractivity contribution in [2.24, 2.45) is 0 Å². The number of benzene rings is 3. The average molecular weight is 530 g/mol. The predicted molar refractivity (Wildman–Crippen MR) is 155 cm³/mol. The monoisotopic (exact) mass is 529 g/mol. The van der Waals surface area contributed by atoms with E-state index in [9.17, 15) is 9.59 Å². The van der Waals surface area contributed by atoms with Crippen molar-refractivity contribution in [3.8, 4) is 11.5 Å². The quantitative estimate of drug-likeness (QED) is 0.452. The normalized spacial score (nSPS) is 15.2. The van der Waals surface area contributed by atoms with Gasteiger partial charge in [0.2, 0.25) is 0 Å². The van der Waals surface area contributed by atoms with Crippen LogP contribution in [0, 0.1) is 0 Å². The van der Waals surface area contributed by atoms with Gasteiger partial charge in [0.05, 0.1) is 31.2 Å². The van der Waals surface area contributed by atoms with Crippen LogP contribution in [0.3, 0.4) is 0 Å². The van der Waals surface area contributed by atoms with E-state index in [4.69, 9.17) is 9.47 Å². The minimum Gasteiger partial charge on any atom is -0.495 e. The van der Waals surface area contributed by atoms with Gasteiger partial charge in [0.25, 0.3) is 5.91 Å². The second-order valence-corrected chi connectivity index (χ2v) is 9.66. The molecule has 9 heteroatoms. The molecule has 0 unspecified atom stereocenters. The molecule has 0 radical (unpaired) electrons. The lowest BCUT2D eigenvalue weighted by atomic mass is 10.1. The van der Waals surface area contributed by atoms with Crippen molar-refractivity contribution < 1.29 is 19.1 Å². The van der Waals surface area contributed by atoms with Gasteiger partial charge in [0.1, 0.15) is 11.5 Å². The number of piperazine rings is 1. The molecule has 0 atom stereocenters. The standard InChI is InChI=1S/C30H35N5O4/c1-38-27-11-5-3-9-24(27)32-30(37)31-22-13-14-25(23(21-22)29(36)35-15-7-8-16-35)33-17-19-34(20-18-33)26-10-4-6-12-28(26)39-2/h3-6,9-14,21H,7-8,15-20H2,1-2H3,(H2,31,32,37). The van der Waals surface area contributed by atoms with Crippen molar-refractivity contribution in [2.45, 2.75) is 12.8 Å². The summed E-state index contributed by atoms with van der Waals surface area (Å²) in [5.41, 5.74) is 3.70. The average Bonchev–Trinajstić information content (AvgIpc) is 3.52. The van der Waals surface area contributed by atoms with Crippen LogP contribution in [0.4, 0.5) is 27.5 Å². The molecule has 3 aromatic rings. The van der Waals surface area contributed by atoms with Gasteiger partial charge in [-0.3, -0.25) is 4.79 Å². The Morgan fingerprint density at radius 2 is 1.31 bits per heavy atom. The van der Waals surface area contributed by atoms with E-state index in [2.05, 4.69) is 26.5 Å². The molecule has 2 aliphatic heterocycles. The van der Waals surface area contributed by atoms with E-state index in [1.807, 2.05) is 47.4 Å². The molecule has 0 saturated carbocycles. The lowest BCUT2D eigenvalue weighted by Gasteiger charge is -2.38. The van der Waals surface area contributed by atoms with E-state index in [-0.39, 0.29) is 5.91 Å². The lowest BCUT2D eigenvalue weighted by Crippen LogP contribution is -2.47. The fourth-order valence-electron chi connectivity index (χ4n) is 5.26. The summed E-state index contributed by atoms with van der Waals surface area (Å²) in [5.74, 6) is 1.43. The molecular weight excluding hydrogens is 494 g/mol. The Bertz CT molecular complexity index is 1320. The Kier molecular flexibility index (Phi) is 8.05. The van der Waals surface area contributed by atoms with Crippen LogP contribution < -0.4 is 29.9 Å². The van der Waals surface area contributed by atoms with E-state index in [0.717, 1.165) is 69.2 Å². The maximum absolute atomic E-state index is 13.6. The maximum atomic E-state index is 13.6. The van der Waals surface area contributed by atoms with Gasteiger partial charge >= 0.3 is 6.03 Å². The number of carbonyl (C=O) groups excluding carboxylic acids is 2. The first-order valence-electron chi connectivity index (χ1n) is 13.3. The van der Waals surface area contributed by atoms with Crippen LogP contribution in [0.2, 0.25) is 0 Å². The highest BCUT2D eigenvalue weighted by Gasteiger charge is 2.27. The largest absolute Gasteiger partial charge is 0.495 e. The molecule has 2 saturated heterocycles. The zero-order chi connectivity index (χ0) is 27.2. The highest BCUT2D eigenvalue weighted by molar-refractivity contribution is 6.04. The highest BCUT2D eigenvalue weighted by Crippen LogP contribution is 2.32. The second kappa shape index (κ2) is 12.0. The lowest BCUT2D eigenvalue weighted by molar-refractivity contribution is 0.0793. The van der Waals surface area contributed by atoms with Gasteiger partial charge in [-0.15, -0.1) is 0 Å². The number of nitrogens with one attached hydrogen (secondary N) is 2. The van der Waals surface area contributed by atoms with E-state index in [1.54, 1.807) is 32.4 Å². The first-order valence-corrected chi connectivity index (χ1v) is 13.3. The van der Waals surface area contributed by atoms with E-state index < -0.39 is 6.03 Å². The van der Waals surface area contributed by atoms with Gasteiger partial charge in [0.15, 0.2) is 0 Å². The third-order valence-corrected chi connectivity index (χ3v) is 7.28. The molecule has 2 fully saturated rings. The number of urea groups is 1. The smallest absolute Gasteiger partial charge is 0.323 e. The van der Waals surface area contributed by atoms with E-state index in [1.165, 1.54) is 0 Å². The topological polar surface area (TPSA) is 86.4 Å². The van der Waals surface area contributed by atoms with Crippen molar-refractivity contribution in [1.29, 1.82) is 0 Å². The number of methoxy groups -OCH3 is 2. The van der Waals surface area contributed by atoms with Crippen molar-refractivity contribution >= 4 is 34.7 Å².